The van der Waals surface area contributed by atoms with Gasteiger partial charge in [-0.15, -0.1) is 48.0 Å². The van der Waals surface area contributed by atoms with Crippen LogP contribution in [0.2, 0.25) is 0 Å². The van der Waals surface area contributed by atoms with Crippen LogP contribution in [0.3, 0.4) is 0 Å². The molecule has 3 aromatic heterocycles. The van der Waals surface area contributed by atoms with Crippen LogP contribution < -0.4 is 0 Å². The number of halogens is 1. The Kier molecular flexibility index (Phi) is 11.6. The molecule has 3 heterocycles. The topological polar surface area (TPSA) is 52.1 Å². The predicted molar refractivity (Wildman–Crippen MR) is 266 cm³/mol. The molecule has 0 saturated heterocycles. The van der Waals surface area contributed by atoms with Crippen molar-refractivity contribution in [2.24, 2.45) is 5.41 Å². The Labute approximate surface area is 408 Å². The first kappa shape index (κ1) is 39.9. The average molecular weight is 1050 g/mol. The quantitative estimate of drug-likeness (QED) is 0.142. The SMILES string of the molecule is [2H]C([2H])([2H])c1ccc(-c2[c-]cc(F)cc2)nc1.[2H]C([2H])(c1ccc(-c2cc(C(C)C)c(-c3cccc4nc(-c5[c-]ccc6c5oc5cc(-c7ccccc7)ccc56)oc34)c(C(C)C)c2)cc1)C(C)(C)C.[Ir]. The molecular formula is C60H53FIrN2O2-2. The Balaban J connectivity index is 0.000000318. The van der Waals surface area contributed by atoms with E-state index in [1.807, 2.05) is 69.3 Å². The van der Waals surface area contributed by atoms with E-state index in [0.717, 1.165) is 55.3 Å². The van der Waals surface area contributed by atoms with Crippen LogP contribution in [0.1, 0.15) is 89.4 Å². The molecular weight excluding hydrogens is 992 g/mol. The number of aromatic nitrogens is 2. The maximum Gasteiger partial charge on any atom is 0.149 e. The number of aryl methyl sites for hydroxylation is 1. The van der Waals surface area contributed by atoms with E-state index in [-0.39, 0.29) is 43.3 Å². The number of para-hydroxylation sites is 1. The zero-order valence-corrected chi connectivity index (χ0v) is 40.4. The van der Waals surface area contributed by atoms with Gasteiger partial charge in [-0.1, -0.05) is 157 Å². The number of nitrogens with zero attached hydrogens (tertiary/aromatic N) is 2. The van der Waals surface area contributed by atoms with Crippen molar-refractivity contribution in [2.75, 3.05) is 0 Å². The van der Waals surface area contributed by atoms with Crippen LogP contribution in [0, 0.1) is 30.2 Å². The minimum Gasteiger partial charge on any atom is -0.500 e. The van der Waals surface area contributed by atoms with E-state index >= 15 is 0 Å². The molecule has 10 rings (SSSR count). The summed E-state index contributed by atoms with van der Waals surface area (Å²) in [6.45, 7) is 12.6. The molecule has 0 amide bonds. The number of hydrogen-bond donors (Lipinski definition) is 0. The molecule has 0 unspecified atom stereocenters. The second-order valence-corrected chi connectivity index (χ2v) is 18.1. The van der Waals surface area contributed by atoms with Gasteiger partial charge in [0, 0.05) is 49.9 Å². The van der Waals surface area contributed by atoms with E-state index in [0.29, 0.717) is 33.9 Å². The van der Waals surface area contributed by atoms with Gasteiger partial charge in [-0.3, -0.25) is 9.37 Å². The summed E-state index contributed by atoms with van der Waals surface area (Å²) in [5, 5.41) is 2.04. The Morgan fingerprint density at radius 1 is 0.697 bits per heavy atom. The predicted octanol–water partition coefficient (Wildman–Crippen LogP) is 17.0. The number of furan rings is 1. The van der Waals surface area contributed by atoms with Crippen molar-refractivity contribution in [3.63, 3.8) is 0 Å². The van der Waals surface area contributed by atoms with E-state index in [4.69, 9.17) is 20.7 Å². The summed E-state index contributed by atoms with van der Waals surface area (Å²) < 4.78 is 65.2. The molecule has 0 aliphatic rings. The molecule has 0 bridgehead atoms. The van der Waals surface area contributed by atoms with Gasteiger partial charge in [0.2, 0.25) is 0 Å². The van der Waals surface area contributed by atoms with Gasteiger partial charge in [-0.05, 0) is 104 Å². The number of benzene rings is 7. The molecule has 0 saturated carbocycles. The van der Waals surface area contributed by atoms with Gasteiger partial charge in [-0.25, -0.2) is 0 Å². The maximum absolute atomic E-state index is 12.7. The summed E-state index contributed by atoms with van der Waals surface area (Å²) in [5.74, 6) is 0.567. The second-order valence-electron chi connectivity index (χ2n) is 18.1. The first-order chi connectivity index (χ1) is 33.3. The summed E-state index contributed by atoms with van der Waals surface area (Å²) >= 11 is 0. The van der Waals surface area contributed by atoms with E-state index in [1.54, 1.807) is 12.1 Å². The third-order valence-electron chi connectivity index (χ3n) is 11.4. The summed E-state index contributed by atoms with van der Waals surface area (Å²) in [5.41, 5.74) is 14.4. The Bertz CT molecular complexity index is 3460. The van der Waals surface area contributed by atoms with E-state index in [9.17, 15) is 4.39 Å². The van der Waals surface area contributed by atoms with Crippen molar-refractivity contribution >= 4 is 33.0 Å². The smallest absolute Gasteiger partial charge is 0.149 e. The molecule has 0 aliphatic heterocycles. The minimum atomic E-state index is -2.15. The normalized spacial score (nSPS) is 13.2. The van der Waals surface area contributed by atoms with Crippen molar-refractivity contribution in [3.8, 4) is 56.1 Å². The van der Waals surface area contributed by atoms with Crippen molar-refractivity contribution in [2.45, 2.75) is 73.5 Å². The molecule has 0 spiro atoms. The Hall–Kier alpha value is -6.46. The first-order valence-electron chi connectivity index (χ1n) is 24.5. The van der Waals surface area contributed by atoms with Gasteiger partial charge in [0.05, 0.1) is 11.1 Å². The van der Waals surface area contributed by atoms with Crippen LogP contribution in [0.25, 0.3) is 89.1 Å². The van der Waals surface area contributed by atoms with E-state index in [1.165, 1.54) is 41.1 Å². The van der Waals surface area contributed by atoms with Gasteiger partial charge in [0.25, 0.3) is 0 Å². The van der Waals surface area contributed by atoms with Crippen LogP contribution in [0.5, 0.6) is 0 Å². The van der Waals surface area contributed by atoms with Gasteiger partial charge in [0.1, 0.15) is 17.1 Å². The third kappa shape index (κ3) is 9.72. The fourth-order valence-corrected chi connectivity index (χ4v) is 8.34. The van der Waals surface area contributed by atoms with Gasteiger partial charge >= 0.3 is 0 Å². The van der Waals surface area contributed by atoms with E-state index < -0.39 is 18.6 Å². The van der Waals surface area contributed by atoms with E-state index in [2.05, 4.69) is 112 Å². The molecule has 4 nitrogen and oxygen atoms in total. The van der Waals surface area contributed by atoms with Crippen LogP contribution in [0.15, 0.2) is 161 Å². The summed E-state index contributed by atoms with van der Waals surface area (Å²) in [4.78, 5) is 9.06. The zero-order valence-electron chi connectivity index (χ0n) is 43.0. The molecule has 1 radical (unpaired) electrons. The standard InChI is InChI=1S/C48H44NO2.C12H9FN.Ir/c1-29(2)40-25-35(33-21-19-31(20-22-33)28-48(5,6)7)26-41(30(3)4)44(40)38-16-12-18-42-46(38)51-47(49-42)39-17-11-15-37-36-24-23-34(27-43(36)50-45(37)39)32-13-9-8-10-14-32;1-9-2-7-12(14-8-9)10-3-5-11(13)6-4-10;/h8-16,18-27,29-30H,28H2,1-7H3;2-3,5-8H,1H3;/q2*-1;/i28D2;1D3;. The van der Waals surface area contributed by atoms with Crippen LogP contribution in [0.4, 0.5) is 4.39 Å². The van der Waals surface area contributed by atoms with Crippen molar-refractivity contribution in [1.82, 2.24) is 9.97 Å². The Morgan fingerprint density at radius 2 is 1.42 bits per heavy atom. The van der Waals surface area contributed by atoms with Gasteiger partial charge in [-0.2, -0.15) is 0 Å². The fraction of sp³-hybridized carbons (Fsp3) is 0.200. The first-order valence-corrected chi connectivity index (χ1v) is 22.0. The van der Waals surface area contributed by atoms with Crippen LogP contribution in [-0.2, 0) is 26.5 Å². The van der Waals surface area contributed by atoms with Gasteiger partial charge < -0.3 is 13.8 Å². The fourth-order valence-electron chi connectivity index (χ4n) is 8.34. The number of pyridine rings is 1. The van der Waals surface area contributed by atoms with Gasteiger partial charge in [0.15, 0.2) is 0 Å². The molecule has 0 N–H and O–H groups in total. The van der Waals surface area contributed by atoms with Crippen molar-refractivity contribution < 1.29 is 40.2 Å². The number of hydrogen-bond acceptors (Lipinski definition) is 4. The summed E-state index contributed by atoms with van der Waals surface area (Å²) in [7, 11) is 0. The maximum atomic E-state index is 12.7. The zero-order chi connectivity index (χ0) is 49.7. The Morgan fingerprint density at radius 3 is 2.08 bits per heavy atom. The molecule has 0 atom stereocenters. The number of fused-ring (bicyclic) bond motifs is 4. The number of rotatable bonds is 8. The van der Waals surface area contributed by atoms with Crippen LogP contribution in [-0.4, -0.2) is 9.97 Å². The summed E-state index contributed by atoms with van der Waals surface area (Å²) in [6.07, 6.45) is -0.144. The minimum absolute atomic E-state index is 0. The molecule has 10 aromatic rings. The molecule has 66 heavy (non-hydrogen) atoms. The van der Waals surface area contributed by atoms with Crippen molar-refractivity contribution in [1.29, 1.82) is 0 Å². The van der Waals surface area contributed by atoms with Crippen LogP contribution >= 0.6 is 0 Å². The largest absolute Gasteiger partial charge is 0.500 e. The second kappa shape index (κ2) is 19.2. The molecule has 0 fully saturated rings. The third-order valence-corrected chi connectivity index (χ3v) is 11.4. The molecule has 333 valence electrons. The molecule has 7 aromatic carbocycles. The monoisotopic (exact) mass is 1050 g/mol. The molecule has 6 heteroatoms. The molecule has 0 aliphatic carbocycles. The average Bonchev–Trinajstić information content (AvgIpc) is 3.96. The van der Waals surface area contributed by atoms with Crippen molar-refractivity contribution in [3.05, 3.63) is 192 Å². The number of oxazole rings is 1. The summed E-state index contributed by atoms with van der Waals surface area (Å²) in [6, 6.07) is 52.7.